The summed E-state index contributed by atoms with van der Waals surface area (Å²) in [6.45, 7) is 4.96. The molecule has 1 aliphatic carbocycles. The Kier molecular flexibility index (Phi) is 6.55. The van der Waals surface area contributed by atoms with Crippen molar-refractivity contribution in [2.75, 3.05) is 20.2 Å². The molecule has 0 spiro atoms. The molecule has 0 unspecified atom stereocenters. The van der Waals surface area contributed by atoms with Gasteiger partial charge in [0.05, 0.1) is 7.11 Å². The van der Waals surface area contributed by atoms with Crippen molar-refractivity contribution in [3.8, 4) is 17.5 Å². The minimum Gasteiger partial charge on any atom is -0.497 e. The maximum absolute atomic E-state index is 13.1. The monoisotopic (exact) mass is 446 g/mol. The van der Waals surface area contributed by atoms with Gasteiger partial charge in [0.1, 0.15) is 17.4 Å². The number of ether oxygens (including phenoxy) is 1. The van der Waals surface area contributed by atoms with Crippen LogP contribution < -0.4 is 10.1 Å². The lowest BCUT2D eigenvalue weighted by atomic mass is 9.95. The number of hydrogen-bond acceptors (Lipinski definition) is 4. The summed E-state index contributed by atoms with van der Waals surface area (Å²) >= 11 is 0. The van der Waals surface area contributed by atoms with Crippen LogP contribution in [-0.2, 0) is 9.59 Å². The summed E-state index contributed by atoms with van der Waals surface area (Å²) in [7, 11) is 1.63. The molecular weight excluding hydrogens is 416 g/mol. The van der Waals surface area contributed by atoms with Gasteiger partial charge in [-0.3, -0.25) is 9.59 Å². The van der Waals surface area contributed by atoms with Gasteiger partial charge < -0.3 is 19.5 Å². The Morgan fingerprint density at radius 3 is 2.36 bits per heavy atom. The number of rotatable bonds is 6. The molecule has 2 aromatic rings. The molecule has 2 amide bonds. The number of amides is 2. The number of methoxy groups -OCH3 is 1. The highest BCUT2D eigenvalue weighted by Crippen LogP contribution is 2.26. The molecule has 1 saturated heterocycles. The van der Waals surface area contributed by atoms with Crippen LogP contribution in [0.5, 0.6) is 5.75 Å². The van der Waals surface area contributed by atoms with E-state index in [1.165, 1.54) is 0 Å². The van der Waals surface area contributed by atoms with Crippen LogP contribution in [0.1, 0.15) is 42.6 Å². The first-order chi connectivity index (χ1) is 15.9. The number of nitrogens with zero attached hydrogens (tertiary/aromatic N) is 3. The molecule has 7 nitrogen and oxygen atoms in total. The number of benzene rings is 1. The Bertz CT molecular complexity index is 1110. The van der Waals surface area contributed by atoms with Crippen LogP contribution in [-0.4, -0.2) is 47.5 Å². The molecule has 1 aliphatic heterocycles. The van der Waals surface area contributed by atoms with E-state index in [0.29, 0.717) is 32.0 Å². The minimum atomic E-state index is -0.271. The van der Waals surface area contributed by atoms with E-state index in [-0.39, 0.29) is 23.3 Å². The van der Waals surface area contributed by atoms with E-state index >= 15 is 0 Å². The molecule has 1 aromatic heterocycles. The lowest BCUT2D eigenvalue weighted by Crippen LogP contribution is -2.43. The van der Waals surface area contributed by atoms with Crippen LogP contribution in [0.15, 0.2) is 35.9 Å². The average Bonchev–Trinajstić information content (AvgIpc) is 3.60. The van der Waals surface area contributed by atoms with Crippen molar-refractivity contribution < 1.29 is 14.3 Å². The molecule has 0 bridgehead atoms. The summed E-state index contributed by atoms with van der Waals surface area (Å²) in [6.07, 6.45) is 5.08. The van der Waals surface area contributed by atoms with E-state index in [9.17, 15) is 14.9 Å². The summed E-state index contributed by atoms with van der Waals surface area (Å²) in [5, 5.41) is 12.8. The quantitative estimate of drug-likeness (QED) is 0.543. The number of carbonyl (C=O) groups excluding carboxylic acids is 2. The molecule has 0 radical (unpaired) electrons. The first-order valence-corrected chi connectivity index (χ1v) is 11.5. The third-order valence-electron chi connectivity index (χ3n) is 6.53. The number of carbonyl (C=O) groups is 2. The number of likely N-dealkylation sites (tertiary alicyclic amines) is 1. The molecule has 2 fully saturated rings. The SMILES string of the molecule is COc1ccc(-n2c(C)cc(/C=C(\C#N)C(=O)N3CCC(C(=O)NC4CC4)CC3)c2C)cc1. The maximum atomic E-state index is 13.1. The van der Waals surface area contributed by atoms with E-state index in [1.54, 1.807) is 18.1 Å². The lowest BCUT2D eigenvalue weighted by molar-refractivity contribution is -0.132. The van der Waals surface area contributed by atoms with Crippen LogP contribution in [0.2, 0.25) is 0 Å². The summed E-state index contributed by atoms with van der Waals surface area (Å²) in [4.78, 5) is 27.0. The molecule has 2 aliphatic rings. The van der Waals surface area contributed by atoms with E-state index in [2.05, 4.69) is 16.0 Å². The van der Waals surface area contributed by atoms with Gasteiger partial charge in [-0.25, -0.2) is 0 Å². The van der Waals surface area contributed by atoms with Gasteiger partial charge in [0.25, 0.3) is 5.91 Å². The predicted molar refractivity (Wildman–Crippen MR) is 126 cm³/mol. The van der Waals surface area contributed by atoms with Crippen molar-refractivity contribution in [3.63, 3.8) is 0 Å². The van der Waals surface area contributed by atoms with Crippen LogP contribution in [0.4, 0.5) is 0 Å². The van der Waals surface area contributed by atoms with Crippen molar-refractivity contribution in [1.82, 2.24) is 14.8 Å². The van der Waals surface area contributed by atoms with Gasteiger partial charge in [0, 0.05) is 42.1 Å². The number of piperidine rings is 1. The minimum absolute atomic E-state index is 0.0485. The number of aromatic nitrogens is 1. The van der Waals surface area contributed by atoms with Crippen molar-refractivity contribution >= 4 is 17.9 Å². The molecule has 172 valence electrons. The molecule has 1 saturated carbocycles. The fourth-order valence-electron chi connectivity index (χ4n) is 4.42. The van der Waals surface area contributed by atoms with Crippen LogP contribution in [0, 0.1) is 31.1 Å². The second-order valence-electron chi connectivity index (χ2n) is 8.88. The zero-order chi connectivity index (χ0) is 23.5. The molecule has 7 heteroatoms. The molecule has 33 heavy (non-hydrogen) atoms. The standard InChI is InChI=1S/C26H30N4O3/c1-17-14-20(18(2)30(17)23-6-8-24(33-3)9-7-23)15-21(16-27)26(32)29-12-10-19(11-13-29)25(31)28-22-4-5-22/h6-9,14-15,19,22H,4-5,10-13H2,1-3H3,(H,28,31)/b21-15+. The van der Waals surface area contributed by atoms with Crippen molar-refractivity contribution in [2.45, 2.75) is 45.6 Å². The van der Waals surface area contributed by atoms with Gasteiger partial charge in [0.15, 0.2) is 0 Å². The van der Waals surface area contributed by atoms with Crippen LogP contribution >= 0.6 is 0 Å². The first-order valence-electron chi connectivity index (χ1n) is 11.5. The van der Waals surface area contributed by atoms with Crippen LogP contribution in [0.25, 0.3) is 11.8 Å². The summed E-state index contributed by atoms with van der Waals surface area (Å²) in [5.74, 6) is 0.569. The van der Waals surface area contributed by atoms with Gasteiger partial charge in [-0.15, -0.1) is 0 Å². The smallest absolute Gasteiger partial charge is 0.264 e. The zero-order valence-electron chi connectivity index (χ0n) is 19.4. The highest BCUT2D eigenvalue weighted by atomic mass is 16.5. The van der Waals surface area contributed by atoms with Crippen molar-refractivity contribution in [1.29, 1.82) is 5.26 Å². The largest absolute Gasteiger partial charge is 0.497 e. The van der Waals surface area contributed by atoms with Gasteiger partial charge in [-0.1, -0.05) is 0 Å². The molecule has 1 aromatic carbocycles. The first kappa shape index (κ1) is 22.7. The average molecular weight is 447 g/mol. The van der Waals surface area contributed by atoms with E-state index < -0.39 is 0 Å². The Labute approximate surface area is 194 Å². The van der Waals surface area contributed by atoms with Gasteiger partial charge in [-0.2, -0.15) is 5.26 Å². The number of aryl methyl sites for hydroxylation is 1. The Balaban J connectivity index is 1.48. The van der Waals surface area contributed by atoms with Gasteiger partial charge in [-0.05, 0) is 81.5 Å². The second-order valence-corrected chi connectivity index (χ2v) is 8.88. The number of nitrogens with one attached hydrogen (secondary N) is 1. The van der Waals surface area contributed by atoms with E-state index in [0.717, 1.165) is 41.2 Å². The third kappa shape index (κ3) is 4.95. The normalized spacial score (nSPS) is 16.9. The second kappa shape index (κ2) is 9.53. The Morgan fingerprint density at radius 2 is 1.79 bits per heavy atom. The third-order valence-corrected chi connectivity index (χ3v) is 6.53. The molecule has 1 N–H and O–H groups in total. The highest BCUT2D eigenvalue weighted by molar-refractivity contribution is 6.02. The topological polar surface area (TPSA) is 87.4 Å². The van der Waals surface area contributed by atoms with Crippen molar-refractivity contribution in [2.24, 2.45) is 5.92 Å². The summed E-state index contributed by atoms with van der Waals surface area (Å²) in [5.41, 5.74) is 3.91. The molecule has 0 atom stereocenters. The van der Waals surface area contributed by atoms with Gasteiger partial charge in [0.2, 0.25) is 5.91 Å². The molecule has 2 heterocycles. The summed E-state index contributed by atoms with van der Waals surface area (Å²) < 4.78 is 7.33. The number of hydrogen-bond donors (Lipinski definition) is 1. The molecule has 4 rings (SSSR count). The maximum Gasteiger partial charge on any atom is 0.264 e. The number of nitriles is 1. The fourth-order valence-corrected chi connectivity index (χ4v) is 4.42. The van der Waals surface area contributed by atoms with E-state index in [4.69, 9.17) is 4.74 Å². The predicted octanol–water partition coefficient (Wildman–Crippen LogP) is 3.53. The highest BCUT2D eigenvalue weighted by Gasteiger charge is 2.31. The summed E-state index contributed by atoms with van der Waals surface area (Å²) in [6, 6.07) is 12.2. The fraction of sp³-hybridized carbons (Fsp3) is 0.423. The lowest BCUT2D eigenvalue weighted by Gasteiger charge is -2.31. The van der Waals surface area contributed by atoms with E-state index in [1.807, 2.05) is 44.2 Å². The van der Waals surface area contributed by atoms with Crippen molar-refractivity contribution in [3.05, 3.63) is 52.9 Å². The molecular formula is C26H30N4O3. The Morgan fingerprint density at radius 1 is 1.12 bits per heavy atom. The zero-order valence-corrected chi connectivity index (χ0v) is 19.4. The van der Waals surface area contributed by atoms with Crippen LogP contribution in [0.3, 0.4) is 0 Å². The Hall–Kier alpha value is -3.53. The van der Waals surface area contributed by atoms with Gasteiger partial charge >= 0.3 is 0 Å².